The van der Waals surface area contributed by atoms with E-state index in [2.05, 4.69) is 11.1 Å². The van der Waals surface area contributed by atoms with Gasteiger partial charge in [0.25, 0.3) is 0 Å². The van der Waals surface area contributed by atoms with Gasteiger partial charge in [-0.25, -0.2) is 4.57 Å². The largest absolute Gasteiger partial charge is 0.524 e. The average molecular weight is 244 g/mol. The van der Waals surface area contributed by atoms with Gasteiger partial charge in [-0.15, -0.1) is 6.58 Å². The maximum Gasteiger partial charge on any atom is 0.524 e. The van der Waals surface area contributed by atoms with Gasteiger partial charge in [-0.2, -0.15) is 0 Å². The first kappa shape index (κ1) is 12.8. The summed E-state index contributed by atoms with van der Waals surface area (Å²) in [5, 5.41) is 0. The van der Waals surface area contributed by atoms with E-state index in [1.807, 2.05) is 0 Å². The SMILES string of the molecule is C=CCc1ccc(OP(=O)(O)O)c(OC)c1. The van der Waals surface area contributed by atoms with Crippen molar-refractivity contribution in [1.82, 2.24) is 0 Å². The molecule has 0 amide bonds. The molecule has 0 radical (unpaired) electrons. The lowest BCUT2D eigenvalue weighted by atomic mass is 10.1. The van der Waals surface area contributed by atoms with Gasteiger partial charge in [0.1, 0.15) is 0 Å². The molecule has 0 unspecified atom stereocenters. The molecule has 88 valence electrons. The Bertz CT molecular complexity index is 423. The van der Waals surface area contributed by atoms with Crippen molar-refractivity contribution >= 4 is 7.82 Å². The molecule has 6 heteroatoms. The zero-order chi connectivity index (χ0) is 12.2. The standard InChI is InChI=1S/C10H13O5P/c1-3-4-8-5-6-9(10(7-8)14-2)15-16(11,12)13/h3,5-7H,1,4H2,2H3,(H2,11,12,13). The number of ether oxygens (including phenoxy) is 1. The summed E-state index contributed by atoms with van der Waals surface area (Å²) in [6, 6.07) is 4.79. The highest BCUT2D eigenvalue weighted by atomic mass is 31.2. The van der Waals surface area contributed by atoms with Crippen molar-refractivity contribution in [3.63, 3.8) is 0 Å². The highest BCUT2D eigenvalue weighted by molar-refractivity contribution is 7.46. The molecule has 1 aromatic rings. The van der Waals surface area contributed by atoms with Gasteiger partial charge in [-0.3, -0.25) is 9.79 Å². The van der Waals surface area contributed by atoms with Crippen molar-refractivity contribution in [3.05, 3.63) is 36.4 Å². The van der Waals surface area contributed by atoms with E-state index in [1.165, 1.54) is 13.2 Å². The van der Waals surface area contributed by atoms with Crippen LogP contribution in [0.15, 0.2) is 30.9 Å². The van der Waals surface area contributed by atoms with Gasteiger partial charge in [0.15, 0.2) is 11.5 Å². The maximum absolute atomic E-state index is 10.7. The predicted octanol–water partition coefficient (Wildman–Crippen LogP) is 1.90. The van der Waals surface area contributed by atoms with Crippen LogP contribution in [-0.2, 0) is 11.0 Å². The van der Waals surface area contributed by atoms with Crippen molar-refractivity contribution < 1.29 is 23.6 Å². The molecule has 0 aliphatic rings. The second kappa shape index (κ2) is 5.16. The summed E-state index contributed by atoms with van der Waals surface area (Å²) in [6.45, 7) is 3.60. The fourth-order valence-electron chi connectivity index (χ4n) is 1.21. The number of hydrogen-bond acceptors (Lipinski definition) is 3. The van der Waals surface area contributed by atoms with Crippen molar-refractivity contribution in [2.75, 3.05) is 7.11 Å². The Morgan fingerprint density at radius 2 is 2.12 bits per heavy atom. The number of hydrogen-bond donors (Lipinski definition) is 2. The number of allylic oxidation sites excluding steroid dienone is 1. The maximum atomic E-state index is 10.7. The summed E-state index contributed by atoms with van der Waals surface area (Å²) in [5.74, 6) is 0.298. The molecule has 0 saturated carbocycles. The third-order valence-electron chi connectivity index (χ3n) is 1.83. The Kier molecular flexibility index (Phi) is 4.12. The molecular weight excluding hydrogens is 231 g/mol. The molecule has 2 N–H and O–H groups in total. The molecule has 0 fully saturated rings. The third-order valence-corrected chi connectivity index (χ3v) is 2.26. The minimum atomic E-state index is -4.56. The minimum Gasteiger partial charge on any atom is -0.493 e. The molecular formula is C10H13O5P. The molecule has 0 aliphatic carbocycles. The lowest BCUT2D eigenvalue weighted by Crippen LogP contribution is -1.95. The molecule has 5 nitrogen and oxygen atoms in total. The van der Waals surface area contributed by atoms with Crippen LogP contribution in [-0.4, -0.2) is 16.9 Å². The fraction of sp³-hybridized carbons (Fsp3) is 0.200. The third kappa shape index (κ3) is 3.70. The number of phosphoric acid groups is 1. The van der Waals surface area contributed by atoms with Crippen LogP contribution in [0.1, 0.15) is 5.56 Å². The van der Waals surface area contributed by atoms with E-state index in [1.54, 1.807) is 18.2 Å². The van der Waals surface area contributed by atoms with Crippen LogP contribution < -0.4 is 9.26 Å². The molecule has 0 atom stereocenters. The van der Waals surface area contributed by atoms with Crippen molar-refractivity contribution in [1.29, 1.82) is 0 Å². The molecule has 1 rings (SSSR count). The Hall–Kier alpha value is -1.29. The summed E-state index contributed by atoms with van der Waals surface area (Å²) < 4.78 is 20.1. The molecule has 0 saturated heterocycles. The van der Waals surface area contributed by atoms with Crippen LogP contribution in [0.5, 0.6) is 11.5 Å². The lowest BCUT2D eigenvalue weighted by molar-refractivity contribution is 0.276. The summed E-state index contributed by atoms with van der Waals surface area (Å²) in [5.41, 5.74) is 0.921. The normalized spacial score (nSPS) is 10.9. The van der Waals surface area contributed by atoms with Gasteiger partial charge in [0, 0.05) is 0 Å². The summed E-state index contributed by atoms with van der Waals surface area (Å²) in [7, 11) is -3.16. The molecule has 0 spiro atoms. The summed E-state index contributed by atoms with van der Waals surface area (Å²) in [6.07, 6.45) is 2.37. The van der Waals surface area contributed by atoms with E-state index in [4.69, 9.17) is 14.5 Å². The summed E-state index contributed by atoms with van der Waals surface area (Å²) in [4.78, 5) is 17.4. The second-order valence-electron chi connectivity index (χ2n) is 3.06. The van der Waals surface area contributed by atoms with Crippen molar-refractivity contribution in [2.45, 2.75) is 6.42 Å². The minimum absolute atomic E-state index is 0.0173. The highest BCUT2D eigenvalue weighted by Gasteiger charge is 2.18. The van der Waals surface area contributed by atoms with Gasteiger partial charge in [-0.05, 0) is 24.1 Å². The Balaban J connectivity index is 3.02. The first-order valence-corrected chi connectivity index (χ1v) is 6.02. The van der Waals surface area contributed by atoms with Crippen molar-refractivity contribution in [2.24, 2.45) is 0 Å². The molecule has 0 heterocycles. The quantitative estimate of drug-likeness (QED) is 0.611. The Morgan fingerprint density at radius 3 is 2.62 bits per heavy atom. The molecule has 1 aromatic carbocycles. The summed E-state index contributed by atoms with van der Waals surface area (Å²) >= 11 is 0. The van der Waals surface area contributed by atoms with E-state index in [0.717, 1.165) is 5.56 Å². The van der Waals surface area contributed by atoms with Gasteiger partial charge in [0.05, 0.1) is 7.11 Å². The van der Waals surface area contributed by atoms with Crippen LogP contribution in [0.3, 0.4) is 0 Å². The van der Waals surface area contributed by atoms with E-state index in [0.29, 0.717) is 6.42 Å². The molecule has 0 aliphatic heterocycles. The lowest BCUT2D eigenvalue weighted by Gasteiger charge is -2.11. The topological polar surface area (TPSA) is 76.0 Å². The van der Waals surface area contributed by atoms with E-state index in [9.17, 15) is 4.57 Å². The van der Waals surface area contributed by atoms with Crippen LogP contribution in [0.2, 0.25) is 0 Å². The zero-order valence-electron chi connectivity index (χ0n) is 8.79. The fourth-order valence-corrected chi connectivity index (χ4v) is 1.62. The molecule has 0 bridgehead atoms. The van der Waals surface area contributed by atoms with E-state index >= 15 is 0 Å². The van der Waals surface area contributed by atoms with Gasteiger partial charge in [-0.1, -0.05) is 12.1 Å². The Labute approximate surface area is 93.6 Å². The number of rotatable bonds is 5. The number of benzene rings is 1. The van der Waals surface area contributed by atoms with Gasteiger partial charge < -0.3 is 9.26 Å². The smallest absolute Gasteiger partial charge is 0.493 e. The predicted molar refractivity (Wildman–Crippen MR) is 59.6 cm³/mol. The van der Waals surface area contributed by atoms with Gasteiger partial charge >= 0.3 is 7.82 Å². The second-order valence-corrected chi connectivity index (χ2v) is 4.22. The molecule has 16 heavy (non-hydrogen) atoms. The number of phosphoric ester groups is 1. The first-order valence-electron chi connectivity index (χ1n) is 4.49. The zero-order valence-corrected chi connectivity index (χ0v) is 9.68. The van der Waals surface area contributed by atoms with Crippen LogP contribution in [0.25, 0.3) is 0 Å². The van der Waals surface area contributed by atoms with E-state index in [-0.39, 0.29) is 11.5 Å². The highest BCUT2D eigenvalue weighted by Crippen LogP contribution is 2.42. The van der Waals surface area contributed by atoms with E-state index < -0.39 is 7.82 Å². The van der Waals surface area contributed by atoms with Crippen LogP contribution >= 0.6 is 7.82 Å². The number of methoxy groups -OCH3 is 1. The van der Waals surface area contributed by atoms with Gasteiger partial charge in [0.2, 0.25) is 0 Å². The first-order chi connectivity index (χ1) is 7.46. The van der Waals surface area contributed by atoms with Crippen molar-refractivity contribution in [3.8, 4) is 11.5 Å². The Morgan fingerprint density at radius 1 is 1.44 bits per heavy atom. The molecule has 0 aromatic heterocycles. The van der Waals surface area contributed by atoms with Crippen LogP contribution in [0.4, 0.5) is 0 Å². The van der Waals surface area contributed by atoms with Crippen LogP contribution in [0, 0.1) is 0 Å². The monoisotopic (exact) mass is 244 g/mol. The average Bonchev–Trinajstić information content (AvgIpc) is 2.18.